The first-order valence-corrected chi connectivity index (χ1v) is 8.19. The van der Waals surface area contributed by atoms with Crippen LogP contribution in [0.25, 0.3) is 17.0 Å². The number of nitrogen functional groups attached to an aromatic ring is 1. The highest BCUT2D eigenvalue weighted by Crippen LogP contribution is 2.23. The molecule has 3 N–H and O–H groups in total. The first-order chi connectivity index (χ1) is 12.5. The zero-order chi connectivity index (χ0) is 18.3. The Morgan fingerprint density at radius 3 is 2.58 bits per heavy atom. The van der Waals surface area contributed by atoms with Gasteiger partial charge in [0.05, 0.1) is 11.0 Å². The number of nitrogens with two attached hydrogens (primary N) is 1. The molecule has 2 heterocycles. The summed E-state index contributed by atoms with van der Waals surface area (Å²) < 4.78 is 15.4. The second-order valence-electron chi connectivity index (χ2n) is 5.74. The van der Waals surface area contributed by atoms with Crippen LogP contribution in [0.15, 0.2) is 48.5 Å². The molecule has 0 atom stereocenters. The predicted octanol–water partition coefficient (Wildman–Crippen LogP) is 4.24. The van der Waals surface area contributed by atoms with Gasteiger partial charge in [0.1, 0.15) is 23.3 Å². The second kappa shape index (κ2) is 6.27. The van der Waals surface area contributed by atoms with Crippen molar-refractivity contribution in [2.75, 3.05) is 11.1 Å². The summed E-state index contributed by atoms with van der Waals surface area (Å²) >= 11 is 5.90. The maximum absolute atomic E-state index is 13.7. The highest BCUT2D eigenvalue weighted by molar-refractivity contribution is 6.30. The van der Waals surface area contributed by atoms with E-state index in [0.717, 1.165) is 5.69 Å². The lowest BCUT2D eigenvalue weighted by molar-refractivity contribution is 0.629. The van der Waals surface area contributed by atoms with Crippen LogP contribution < -0.4 is 11.1 Å². The zero-order valence-electron chi connectivity index (χ0n) is 13.7. The number of rotatable bonds is 3. The minimum Gasteiger partial charge on any atom is -0.383 e. The third-order valence-corrected chi connectivity index (χ3v) is 4.09. The first kappa shape index (κ1) is 16.3. The lowest BCUT2D eigenvalue weighted by atomic mass is 10.3. The number of imidazole rings is 1. The number of hydrogen-bond donors (Lipinski definition) is 2. The van der Waals surface area contributed by atoms with Crippen LogP contribution in [0.5, 0.6) is 0 Å². The number of benzene rings is 2. The quantitative estimate of drug-likeness (QED) is 0.565. The highest BCUT2D eigenvalue weighted by Gasteiger charge is 2.14. The molecule has 4 rings (SSSR count). The fourth-order valence-electron chi connectivity index (χ4n) is 2.72. The smallest absolute Gasteiger partial charge is 0.239 e. The Morgan fingerprint density at radius 1 is 1.04 bits per heavy atom. The van der Waals surface area contributed by atoms with Crippen molar-refractivity contribution in [1.29, 1.82) is 0 Å². The van der Waals surface area contributed by atoms with E-state index in [-0.39, 0.29) is 11.6 Å². The van der Waals surface area contributed by atoms with Crippen LogP contribution in [0.4, 0.5) is 21.7 Å². The SMILES string of the molecule is Cc1nc2ccc(F)cc2n1-c1nc(N)cc(Nc2ccc(Cl)cc2)n1. The van der Waals surface area contributed by atoms with Gasteiger partial charge in [-0.3, -0.25) is 4.57 Å². The van der Waals surface area contributed by atoms with E-state index in [9.17, 15) is 4.39 Å². The molecule has 26 heavy (non-hydrogen) atoms. The van der Waals surface area contributed by atoms with Gasteiger partial charge in [-0.1, -0.05) is 11.6 Å². The van der Waals surface area contributed by atoms with Gasteiger partial charge in [-0.15, -0.1) is 0 Å². The monoisotopic (exact) mass is 368 g/mol. The summed E-state index contributed by atoms with van der Waals surface area (Å²) in [5.74, 6) is 1.37. The summed E-state index contributed by atoms with van der Waals surface area (Å²) in [6, 6.07) is 13.2. The van der Waals surface area contributed by atoms with Crippen LogP contribution in [0.3, 0.4) is 0 Å². The van der Waals surface area contributed by atoms with Crippen molar-refractivity contribution < 1.29 is 4.39 Å². The average Bonchev–Trinajstić information content (AvgIpc) is 2.91. The Kier molecular flexibility index (Phi) is 3.93. The number of fused-ring (bicyclic) bond motifs is 1. The Hall–Kier alpha value is -3.19. The first-order valence-electron chi connectivity index (χ1n) is 7.82. The molecule has 130 valence electrons. The standard InChI is InChI=1S/C18H14ClFN6/c1-10-22-14-7-4-12(20)8-15(14)26(10)18-24-16(21)9-17(25-18)23-13-5-2-11(19)3-6-13/h2-9H,1H3,(H3,21,23,24,25). The molecule has 2 aromatic heterocycles. The Morgan fingerprint density at radius 2 is 1.81 bits per heavy atom. The number of hydrogen-bond acceptors (Lipinski definition) is 5. The summed E-state index contributed by atoms with van der Waals surface area (Å²) in [7, 11) is 0. The van der Waals surface area contributed by atoms with E-state index in [1.165, 1.54) is 12.1 Å². The molecule has 6 nitrogen and oxygen atoms in total. The molecule has 0 spiro atoms. The van der Waals surface area contributed by atoms with Crippen molar-refractivity contribution in [3.63, 3.8) is 0 Å². The van der Waals surface area contributed by atoms with Crippen LogP contribution >= 0.6 is 11.6 Å². The van der Waals surface area contributed by atoms with Crippen molar-refractivity contribution >= 4 is 40.0 Å². The Labute approximate surface area is 153 Å². The van der Waals surface area contributed by atoms with Gasteiger partial charge in [0.25, 0.3) is 0 Å². The van der Waals surface area contributed by atoms with E-state index in [0.29, 0.717) is 33.6 Å². The van der Waals surface area contributed by atoms with Crippen LogP contribution in [-0.4, -0.2) is 19.5 Å². The maximum atomic E-state index is 13.7. The molecule has 0 radical (unpaired) electrons. The third kappa shape index (κ3) is 3.04. The summed E-state index contributed by atoms with van der Waals surface area (Å²) in [4.78, 5) is 13.2. The molecule has 0 bridgehead atoms. The Balaban J connectivity index is 1.80. The van der Waals surface area contributed by atoms with Gasteiger partial charge in [-0.2, -0.15) is 9.97 Å². The predicted molar refractivity (Wildman–Crippen MR) is 101 cm³/mol. The van der Waals surface area contributed by atoms with Gasteiger partial charge in [0.15, 0.2) is 0 Å². The van der Waals surface area contributed by atoms with Crippen molar-refractivity contribution in [2.24, 2.45) is 0 Å². The van der Waals surface area contributed by atoms with Gasteiger partial charge in [0.2, 0.25) is 5.95 Å². The number of aromatic nitrogens is 4. The molecular weight excluding hydrogens is 355 g/mol. The van der Waals surface area contributed by atoms with Crippen LogP contribution in [0.1, 0.15) is 5.82 Å². The van der Waals surface area contributed by atoms with Crippen LogP contribution in [-0.2, 0) is 0 Å². The molecule has 0 aliphatic heterocycles. The van der Waals surface area contributed by atoms with Crippen molar-refractivity contribution in [3.8, 4) is 5.95 Å². The molecule has 4 aromatic rings. The normalized spacial score (nSPS) is 11.0. The molecule has 0 unspecified atom stereocenters. The lowest BCUT2D eigenvalue weighted by Gasteiger charge is -2.10. The number of aryl methyl sites for hydroxylation is 1. The molecule has 0 saturated carbocycles. The van der Waals surface area contributed by atoms with Gasteiger partial charge in [0, 0.05) is 22.8 Å². The van der Waals surface area contributed by atoms with Crippen molar-refractivity contribution in [2.45, 2.75) is 6.92 Å². The van der Waals surface area contributed by atoms with Crippen LogP contribution in [0, 0.1) is 12.7 Å². The summed E-state index contributed by atoms with van der Waals surface area (Å²) in [6.07, 6.45) is 0. The summed E-state index contributed by atoms with van der Waals surface area (Å²) in [5, 5.41) is 3.80. The number of nitrogens with one attached hydrogen (secondary N) is 1. The molecule has 0 saturated heterocycles. The largest absolute Gasteiger partial charge is 0.383 e. The summed E-state index contributed by atoms with van der Waals surface area (Å²) in [5.41, 5.74) is 7.98. The minimum absolute atomic E-state index is 0.282. The van der Waals surface area contributed by atoms with E-state index in [2.05, 4.69) is 20.3 Å². The Bertz CT molecular complexity index is 1110. The molecular formula is C18H14ClFN6. The summed E-state index contributed by atoms with van der Waals surface area (Å²) in [6.45, 7) is 1.80. The molecule has 0 amide bonds. The fraction of sp³-hybridized carbons (Fsp3) is 0.0556. The fourth-order valence-corrected chi connectivity index (χ4v) is 2.85. The van der Waals surface area contributed by atoms with Gasteiger partial charge < -0.3 is 11.1 Å². The van der Waals surface area contributed by atoms with Gasteiger partial charge >= 0.3 is 0 Å². The maximum Gasteiger partial charge on any atom is 0.239 e. The molecule has 0 aliphatic carbocycles. The van der Waals surface area contributed by atoms with Gasteiger partial charge in [-0.05, 0) is 43.3 Å². The topological polar surface area (TPSA) is 81.7 Å². The second-order valence-corrected chi connectivity index (χ2v) is 6.17. The lowest BCUT2D eigenvalue weighted by Crippen LogP contribution is -2.07. The number of nitrogens with zero attached hydrogens (tertiary/aromatic N) is 4. The highest BCUT2D eigenvalue weighted by atomic mass is 35.5. The number of halogens is 2. The van der Waals surface area contributed by atoms with Gasteiger partial charge in [-0.25, -0.2) is 9.37 Å². The molecule has 0 fully saturated rings. The zero-order valence-corrected chi connectivity index (χ0v) is 14.5. The molecule has 2 aromatic carbocycles. The van der Waals surface area contributed by atoms with E-state index >= 15 is 0 Å². The van der Waals surface area contributed by atoms with E-state index in [4.69, 9.17) is 17.3 Å². The minimum atomic E-state index is -0.359. The third-order valence-electron chi connectivity index (χ3n) is 3.84. The van der Waals surface area contributed by atoms with E-state index in [1.54, 1.807) is 35.8 Å². The van der Waals surface area contributed by atoms with E-state index < -0.39 is 0 Å². The van der Waals surface area contributed by atoms with Crippen molar-refractivity contribution in [1.82, 2.24) is 19.5 Å². The molecule has 8 heteroatoms. The molecule has 0 aliphatic rings. The average molecular weight is 369 g/mol. The number of anilines is 3. The van der Waals surface area contributed by atoms with Crippen LogP contribution in [0.2, 0.25) is 5.02 Å². The van der Waals surface area contributed by atoms with Crippen molar-refractivity contribution in [3.05, 3.63) is 65.2 Å². The van der Waals surface area contributed by atoms with E-state index in [1.807, 2.05) is 12.1 Å².